The Bertz CT molecular complexity index is 1530. The summed E-state index contributed by atoms with van der Waals surface area (Å²) in [5.41, 5.74) is 3.11. The Hall–Kier alpha value is -4.03. The molecule has 222 valence electrons. The van der Waals surface area contributed by atoms with Gasteiger partial charge in [-0.2, -0.15) is 0 Å². The Balaban J connectivity index is 1.57. The molecule has 0 radical (unpaired) electrons. The van der Waals surface area contributed by atoms with Gasteiger partial charge in [-0.1, -0.05) is 49.4 Å². The van der Waals surface area contributed by atoms with Gasteiger partial charge in [-0.05, 0) is 44.1 Å². The summed E-state index contributed by atoms with van der Waals surface area (Å²) in [6.07, 6.45) is -0.865. The van der Waals surface area contributed by atoms with Crippen LogP contribution in [0, 0.1) is 11.8 Å². The molecule has 1 saturated carbocycles. The van der Waals surface area contributed by atoms with Crippen LogP contribution in [0.15, 0.2) is 59.4 Å². The van der Waals surface area contributed by atoms with Crippen molar-refractivity contribution >= 4 is 23.2 Å². The van der Waals surface area contributed by atoms with E-state index >= 15 is 0 Å². The molecule has 0 bridgehead atoms. The van der Waals surface area contributed by atoms with Crippen LogP contribution < -0.4 is 11.1 Å². The number of primary amides is 1. The quantitative estimate of drug-likeness (QED) is 0.183. The molecule has 2 aromatic rings. The van der Waals surface area contributed by atoms with Crippen LogP contribution in [-0.2, 0) is 27.3 Å². The summed E-state index contributed by atoms with van der Waals surface area (Å²) in [5.74, 6) is -8.97. The van der Waals surface area contributed by atoms with Crippen molar-refractivity contribution in [3.63, 3.8) is 0 Å². The molecule has 6 atom stereocenters. The van der Waals surface area contributed by atoms with Crippen molar-refractivity contribution in [2.75, 3.05) is 20.6 Å². The number of amides is 1. The molecular formula is C31H35N3O8. The summed E-state index contributed by atoms with van der Waals surface area (Å²) in [6.45, 7) is 2.58. The van der Waals surface area contributed by atoms with Gasteiger partial charge in [-0.15, -0.1) is 0 Å². The molecule has 1 amide bonds. The maximum Gasteiger partial charge on any atom is 0.255 e. The molecule has 11 nitrogen and oxygen atoms in total. The largest absolute Gasteiger partial charge is 0.508 e. The summed E-state index contributed by atoms with van der Waals surface area (Å²) >= 11 is 0. The average Bonchev–Trinajstić information content (AvgIpc) is 2.94. The topological polar surface area (TPSA) is 194 Å². The number of benzene rings is 2. The minimum absolute atomic E-state index is 0.0200. The number of Topliss-reactive ketones (excluding diaryl/α,β-unsaturated/α-hetero) is 2. The lowest BCUT2D eigenvalue weighted by Crippen LogP contribution is -2.70. The van der Waals surface area contributed by atoms with E-state index in [4.69, 9.17) is 5.73 Å². The number of carbonyl (C=O) groups excluding carboxylic acids is 3. The third kappa shape index (κ3) is 4.23. The monoisotopic (exact) mass is 577 g/mol. The van der Waals surface area contributed by atoms with E-state index in [0.29, 0.717) is 17.7 Å². The third-order valence-electron chi connectivity index (χ3n) is 8.96. The first-order valence-corrected chi connectivity index (χ1v) is 13.8. The van der Waals surface area contributed by atoms with E-state index in [1.54, 1.807) is 19.1 Å². The van der Waals surface area contributed by atoms with Crippen molar-refractivity contribution in [2.24, 2.45) is 17.6 Å². The van der Waals surface area contributed by atoms with Crippen LogP contribution in [0.2, 0.25) is 0 Å². The predicted molar refractivity (Wildman–Crippen MR) is 152 cm³/mol. The van der Waals surface area contributed by atoms with Gasteiger partial charge < -0.3 is 36.6 Å². The number of carbonyl (C=O) groups is 3. The summed E-state index contributed by atoms with van der Waals surface area (Å²) in [7, 11) is 2.94. The van der Waals surface area contributed by atoms with Crippen molar-refractivity contribution in [1.29, 1.82) is 0 Å². The number of rotatable bonds is 7. The molecule has 2 unspecified atom stereocenters. The first-order valence-electron chi connectivity index (χ1n) is 13.8. The number of hydrogen-bond acceptors (Lipinski definition) is 10. The van der Waals surface area contributed by atoms with E-state index in [9.17, 15) is 39.9 Å². The predicted octanol–water partition coefficient (Wildman–Crippen LogP) is 0.828. The fraction of sp³-hybridized carbons (Fsp3) is 0.387. The summed E-state index contributed by atoms with van der Waals surface area (Å²) in [6, 6.07) is 11.9. The molecule has 11 heteroatoms. The Morgan fingerprint density at radius 3 is 2.36 bits per heavy atom. The number of likely N-dealkylation sites (N-methyl/N-ethyl adjacent to an activating group) is 1. The normalized spacial score (nSPS) is 29.0. The molecule has 8 N–H and O–H groups in total. The Labute approximate surface area is 242 Å². The van der Waals surface area contributed by atoms with E-state index in [1.165, 1.54) is 19.0 Å². The highest BCUT2D eigenvalue weighted by molar-refractivity contribution is 6.24. The Morgan fingerprint density at radius 2 is 1.74 bits per heavy atom. The Morgan fingerprint density at radius 1 is 1.07 bits per heavy atom. The molecule has 0 aliphatic heterocycles. The maximum absolute atomic E-state index is 14.1. The van der Waals surface area contributed by atoms with Gasteiger partial charge in [-0.3, -0.25) is 19.3 Å². The lowest BCUT2D eigenvalue weighted by molar-refractivity contribution is -0.169. The zero-order valence-electron chi connectivity index (χ0n) is 23.5. The van der Waals surface area contributed by atoms with Gasteiger partial charge in [-0.25, -0.2) is 0 Å². The van der Waals surface area contributed by atoms with Gasteiger partial charge in [0.25, 0.3) is 5.91 Å². The minimum atomic E-state index is -2.93. The molecule has 0 spiro atoms. The van der Waals surface area contributed by atoms with E-state index in [0.717, 1.165) is 12.0 Å². The van der Waals surface area contributed by atoms with Crippen LogP contribution in [0.25, 0.3) is 5.76 Å². The van der Waals surface area contributed by atoms with Crippen LogP contribution in [-0.4, -0.2) is 86.3 Å². The van der Waals surface area contributed by atoms with E-state index in [2.05, 4.69) is 5.32 Å². The first-order chi connectivity index (χ1) is 19.8. The molecule has 3 aliphatic carbocycles. The van der Waals surface area contributed by atoms with Crippen LogP contribution in [0.4, 0.5) is 0 Å². The molecule has 0 saturated heterocycles. The lowest BCUT2D eigenvalue weighted by Gasteiger charge is -2.53. The smallest absolute Gasteiger partial charge is 0.255 e. The fourth-order valence-electron chi connectivity index (χ4n) is 6.90. The fourth-order valence-corrected chi connectivity index (χ4v) is 6.90. The SMILES string of the molecule is C[C@H]1c2ccc(CNCCc3ccccc3)c(O)c2C(O)=C2C(=O)[C@]3(O)C(O)=C(C(N)=O)C(=O)[C@@H](N(C)C)C3[C@@H](O)C21. The highest BCUT2D eigenvalue weighted by Crippen LogP contribution is 2.56. The van der Waals surface area contributed by atoms with Crippen molar-refractivity contribution in [2.45, 2.75) is 43.6 Å². The zero-order chi connectivity index (χ0) is 30.7. The van der Waals surface area contributed by atoms with Gasteiger partial charge >= 0.3 is 0 Å². The molecule has 5 rings (SSSR count). The number of nitrogens with two attached hydrogens (primary N) is 1. The minimum Gasteiger partial charge on any atom is -0.508 e. The van der Waals surface area contributed by atoms with E-state index in [1.807, 2.05) is 30.3 Å². The van der Waals surface area contributed by atoms with Gasteiger partial charge in [0.15, 0.2) is 11.4 Å². The number of aliphatic hydroxyl groups is 4. The highest BCUT2D eigenvalue weighted by Gasteiger charge is 2.68. The van der Waals surface area contributed by atoms with Crippen molar-refractivity contribution < 1.29 is 39.9 Å². The number of aromatic hydroxyl groups is 1. The highest BCUT2D eigenvalue weighted by atomic mass is 16.4. The third-order valence-corrected chi connectivity index (χ3v) is 8.96. The van der Waals surface area contributed by atoms with E-state index < -0.39 is 75.6 Å². The molecule has 0 heterocycles. The first kappa shape index (κ1) is 29.5. The number of fused-ring (bicyclic) bond motifs is 3. The maximum atomic E-state index is 14.1. The molecule has 3 aliphatic rings. The van der Waals surface area contributed by atoms with Gasteiger partial charge in [0.05, 0.1) is 23.6 Å². The zero-order valence-corrected chi connectivity index (χ0v) is 23.5. The summed E-state index contributed by atoms with van der Waals surface area (Å²) in [5, 5.41) is 60.4. The lowest BCUT2D eigenvalue weighted by atomic mass is 9.54. The van der Waals surface area contributed by atoms with Crippen LogP contribution in [0.1, 0.15) is 35.1 Å². The second-order valence-electron chi connectivity index (χ2n) is 11.5. The molecule has 42 heavy (non-hydrogen) atoms. The van der Waals surface area contributed by atoms with Gasteiger partial charge in [0, 0.05) is 23.6 Å². The van der Waals surface area contributed by atoms with Gasteiger partial charge in [0.1, 0.15) is 22.8 Å². The number of phenolic OH excluding ortho intramolecular Hbond substituents is 1. The van der Waals surface area contributed by atoms with E-state index in [-0.39, 0.29) is 17.9 Å². The molecule has 2 aromatic carbocycles. The Kier molecular flexibility index (Phi) is 7.48. The van der Waals surface area contributed by atoms with Crippen LogP contribution >= 0.6 is 0 Å². The van der Waals surface area contributed by atoms with Crippen molar-refractivity contribution in [1.82, 2.24) is 10.2 Å². The summed E-state index contributed by atoms with van der Waals surface area (Å²) in [4.78, 5) is 40.8. The van der Waals surface area contributed by atoms with Crippen LogP contribution in [0.5, 0.6) is 5.75 Å². The summed E-state index contributed by atoms with van der Waals surface area (Å²) < 4.78 is 0. The number of hydrogen-bond donors (Lipinski definition) is 7. The van der Waals surface area contributed by atoms with Crippen molar-refractivity contribution in [3.8, 4) is 5.75 Å². The number of nitrogens with one attached hydrogen (secondary N) is 1. The molecule has 1 fully saturated rings. The number of ketones is 2. The molecule has 0 aromatic heterocycles. The van der Waals surface area contributed by atoms with Crippen molar-refractivity contribution in [3.05, 3.63) is 81.6 Å². The van der Waals surface area contributed by atoms with Gasteiger partial charge in [0.2, 0.25) is 5.78 Å². The number of phenols is 1. The standard InChI is InChI=1S/C31H35N3O8/c1-14-17-10-9-16(13-33-12-11-15-7-5-4-6-8-15)24(35)19(17)25(36)20-18(14)26(37)22-23(34(2)3)27(38)21(30(32)41)29(40)31(22,42)28(20)39/h4-10,14,18,22-23,26,33,35-37,40,42H,11-13H2,1-3H3,(H2,32,41)/t14-,18?,22?,23-,26-,31-/m0/s1. The second kappa shape index (κ2) is 10.7. The molecular weight excluding hydrogens is 542 g/mol. The van der Waals surface area contributed by atoms with Crippen LogP contribution in [0.3, 0.4) is 0 Å². The average molecular weight is 578 g/mol. The number of aliphatic hydroxyl groups excluding tert-OH is 3. The number of nitrogens with zero attached hydrogens (tertiary/aromatic N) is 1. The second-order valence-corrected chi connectivity index (χ2v) is 11.5.